The van der Waals surface area contributed by atoms with Crippen LogP contribution in [0.3, 0.4) is 0 Å². The summed E-state index contributed by atoms with van der Waals surface area (Å²) < 4.78 is 11.7. The zero-order chi connectivity index (χ0) is 16.1. The van der Waals surface area contributed by atoms with Crippen LogP contribution < -0.4 is 7.11 Å². The molecule has 0 unspecified atom stereocenters. The molecule has 0 saturated carbocycles. The van der Waals surface area contributed by atoms with Crippen molar-refractivity contribution in [1.82, 2.24) is 0 Å². The summed E-state index contributed by atoms with van der Waals surface area (Å²) in [6.45, 7) is 0. The molecule has 2 aromatic rings. The molecule has 6 heteroatoms. The molecule has 110 valence electrons. The Hall–Kier alpha value is -1.36. The third-order valence-corrected chi connectivity index (χ3v) is 4.06. The topological polar surface area (TPSA) is 55.8 Å². The van der Waals surface area contributed by atoms with Crippen molar-refractivity contribution in [2.75, 3.05) is 7.11 Å². The number of aliphatic hydroxyl groups is 1. The van der Waals surface area contributed by atoms with E-state index in [1.54, 1.807) is 12.1 Å². The van der Waals surface area contributed by atoms with E-state index < -0.39 is 5.97 Å². The predicted octanol–water partition coefficient (Wildman–Crippen LogP) is 3.38. The van der Waals surface area contributed by atoms with Crippen molar-refractivity contribution in [2.24, 2.45) is 0 Å². The molecule has 0 bridgehead atoms. The van der Waals surface area contributed by atoms with Gasteiger partial charge in [-0.25, -0.2) is 0 Å². The molecule has 0 aliphatic rings. The van der Waals surface area contributed by atoms with Crippen LogP contribution in [0.2, 0.25) is 5.02 Å². The fourth-order valence-corrected chi connectivity index (χ4v) is 2.45. The Morgan fingerprint density at radius 3 is 2.50 bits per heavy atom. The van der Waals surface area contributed by atoms with E-state index in [9.17, 15) is 9.90 Å². The van der Waals surface area contributed by atoms with Crippen molar-refractivity contribution in [3.8, 4) is 11.5 Å². The fraction of sp³-hybridized carbons (Fsp3) is 0.0625. The number of aliphatic hydroxyl groups excluding tert-OH is 1. The van der Waals surface area contributed by atoms with Crippen LogP contribution in [0.5, 0.6) is 11.5 Å². The number of carbonyl (C=O) groups excluding carboxylic acids is 1. The molecule has 22 heavy (non-hydrogen) atoms. The zero-order valence-corrected chi connectivity index (χ0v) is 15.3. The number of methoxy groups -OCH3 is 1. The first-order valence-corrected chi connectivity index (χ1v) is 8.11. The van der Waals surface area contributed by atoms with Gasteiger partial charge in [0.1, 0.15) is 0 Å². The summed E-state index contributed by atoms with van der Waals surface area (Å²) in [5, 5.41) is 9.76. The van der Waals surface area contributed by atoms with Gasteiger partial charge >= 0.3 is 154 Å². The summed E-state index contributed by atoms with van der Waals surface area (Å²) in [4.78, 5) is 11.8. The second kappa shape index (κ2) is 7.77. The van der Waals surface area contributed by atoms with Crippen LogP contribution in [-0.4, -0.2) is 18.2 Å². The Balaban J connectivity index is 2.43. The van der Waals surface area contributed by atoms with Gasteiger partial charge in [0.25, 0.3) is 0 Å². The summed E-state index contributed by atoms with van der Waals surface area (Å²) >= 11 is 7.00. The van der Waals surface area contributed by atoms with Crippen molar-refractivity contribution in [1.29, 1.82) is 0 Å². The Bertz CT molecular complexity index is 711. The Labute approximate surface area is 153 Å². The van der Waals surface area contributed by atoms with Gasteiger partial charge in [-0.1, -0.05) is 0 Å². The number of hydrogen-bond donors (Lipinski definition) is 1. The maximum atomic E-state index is 11.8. The van der Waals surface area contributed by atoms with Crippen LogP contribution >= 0.6 is 11.6 Å². The van der Waals surface area contributed by atoms with Gasteiger partial charge in [-0.2, -0.15) is 0 Å². The van der Waals surface area contributed by atoms with Gasteiger partial charge in [-0.15, -0.1) is 0 Å². The van der Waals surface area contributed by atoms with Gasteiger partial charge in [-0.05, 0) is 0 Å². The van der Waals surface area contributed by atoms with Crippen LogP contribution in [0.15, 0.2) is 48.7 Å². The van der Waals surface area contributed by atoms with Gasteiger partial charge in [0.15, 0.2) is 0 Å². The maximum absolute atomic E-state index is 11.8. The van der Waals surface area contributed by atoms with Gasteiger partial charge in [0, 0.05) is 0 Å². The summed E-state index contributed by atoms with van der Waals surface area (Å²) in [5.41, 5.74) is 0.329. The molecule has 1 N–H and O–H groups in total. The SMILES string of the molecule is COC(=O)C(=CO)c1cc(Cl)ccc1Oc1cc[c]([Y])cc1. The molecule has 2 rings (SSSR count). The average Bonchev–Trinajstić information content (AvgIpc) is 2.52. The number of benzene rings is 2. The number of hydrogen-bond acceptors (Lipinski definition) is 4. The summed E-state index contributed by atoms with van der Waals surface area (Å²) in [6.07, 6.45) is 0.685. The number of esters is 1. The number of carbonyl (C=O) groups is 1. The van der Waals surface area contributed by atoms with Gasteiger partial charge in [-0.3, -0.25) is 0 Å². The summed E-state index contributed by atoms with van der Waals surface area (Å²) in [5.74, 6) is 0.350. The van der Waals surface area contributed by atoms with Crippen molar-refractivity contribution < 1.29 is 50.3 Å². The van der Waals surface area contributed by atoms with Crippen LogP contribution in [0.25, 0.3) is 5.57 Å². The summed E-state index contributed by atoms with van der Waals surface area (Å²) in [7, 11) is 1.24. The van der Waals surface area contributed by atoms with Gasteiger partial charge in [0.2, 0.25) is 0 Å². The average molecular weight is 393 g/mol. The van der Waals surface area contributed by atoms with Crippen molar-refractivity contribution in [2.45, 2.75) is 0 Å². The molecule has 0 spiro atoms. The molecule has 2 aromatic carbocycles. The van der Waals surface area contributed by atoms with E-state index in [-0.39, 0.29) is 5.57 Å². The van der Waals surface area contributed by atoms with E-state index in [0.29, 0.717) is 28.3 Å². The quantitative estimate of drug-likeness (QED) is 0.492. The predicted molar refractivity (Wildman–Crippen MR) is 80.2 cm³/mol. The first-order chi connectivity index (χ1) is 10.5. The monoisotopic (exact) mass is 392 g/mol. The van der Waals surface area contributed by atoms with Crippen molar-refractivity contribution >= 4 is 25.5 Å². The minimum atomic E-state index is -0.677. The van der Waals surface area contributed by atoms with E-state index in [1.165, 1.54) is 15.6 Å². The van der Waals surface area contributed by atoms with E-state index >= 15 is 0 Å². The second-order valence-corrected chi connectivity index (χ2v) is 6.42. The standard InChI is InChI=1S/C16H12ClO4.Y/c1-20-16(19)14(10-18)13-9-11(17)7-8-15(13)21-12-5-3-2-4-6-12;/h3-10,18H,1H3;. The molecule has 0 fully saturated rings. The number of halogens is 1. The molecule has 0 aliphatic heterocycles. The number of rotatable bonds is 4. The normalized spacial score (nSPS) is 11.0. The first kappa shape index (κ1) is 17.0. The Kier molecular flexibility index (Phi) is 6.01. The molecular weight excluding hydrogens is 381 g/mol. The zero-order valence-electron chi connectivity index (χ0n) is 11.7. The van der Waals surface area contributed by atoms with Gasteiger partial charge < -0.3 is 0 Å². The fourth-order valence-electron chi connectivity index (χ4n) is 1.81. The molecule has 4 nitrogen and oxygen atoms in total. The number of ether oxygens (including phenoxy) is 2. The first-order valence-electron chi connectivity index (χ1n) is 6.31. The molecule has 0 aromatic heterocycles. The van der Waals surface area contributed by atoms with E-state index in [2.05, 4.69) is 4.74 Å². The third kappa shape index (κ3) is 4.10. The summed E-state index contributed by atoms with van der Waals surface area (Å²) in [6, 6.07) is 12.5. The van der Waals surface area contributed by atoms with Crippen LogP contribution in [0.4, 0.5) is 0 Å². The van der Waals surface area contributed by atoms with E-state index in [1.807, 2.05) is 24.3 Å². The van der Waals surface area contributed by atoms with Crippen LogP contribution in [-0.2, 0) is 40.5 Å². The Morgan fingerprint density at radius 1 is 1.23 bits per heavy atom. The van der Waals surface area contributed by atoms with E-state index in [4.69, 9.17) is 16.3 Å². The molecule has 0 radical (unpaired) electrons. The van der Waals surface area contributed by atoms with E-state index in [0.717, 1.165) is 31.0 Å². The second-order valence-electron chi connectivity index (χ2n) is 4.35. The molecule has 0 amide bonds. The molecular formula is C16H12ClO4Y. The molecule has 0 aliphatic carbocycles. The van der Waals surface area contributed by atoms with Crippen molar-refractivity contribution in [3.05, 3.63) is 59.3 Å². The van der Waals surface area contributed by atoms with Crippen LogP contribution in [0.1, 0.15) is 5.56 Å². The minimum absolute atomic E-state index is 0.0287. The van der Waals surface area contributed by atoms with Crippen LogP contribution in [0, 0.1) is 0 Å². The molecule has 0 heterocycles. The third-order valence-electron chi connectivity index (χ3n) is 2.87. The molecule has 0 atom stereocenters. The van der Waals surface area contributed by atoms with Crippen molar-refractivity contribution in [3.63, 3.8) is 0 Å². The molecule has 0 saturated heterocycles. The van der Waals surface area contributed by atoms with Gasteiger partial charge in [0.05, 0.1) is 0 Å². The Morgan fingerprint density at radius 2 is 1.91 bits per heavy atom.